The molecular weight excluding hydrogens is 220 g/mol. The van der Waals surface area contributed by atoms with Gasteiger partial charge in [-0.2, -0.15) is 0 Å². The van der Waals surface area contributed by atoms with Crippen LogP contribution in [0.3, 0.4) is 0 Å². The Bertz CT molecular complexity index is 287. The normalized spacial score (nSPS) is 27.3. The van der Waals surface area contributed by atoms with Gasteiger partial charge in [-0.25, -0.2) is 0 Å². The molecule has 1 amide bonds. The average Bonchev–Trinajstić information content (AvgIpc) is 2.56. The van der Waals surface area contributed by atoms with Gasteiger partial charge in [-0.15, -0.1) is 0 Å². The summed E-state index contributed by atoms with van der Waals surface area (Å²) in [5, 5.41) is 3.68. The Morgan fingerprint density at radius 3 is 2.56 bits per heavy atom. The Morgan fingerprint density at radius 2 is 2.00 bits per heavy atom. The highest BCUT2D eigenvalue weighted by molar-refractivity contribution is 7.80. The van der Waals surface area contributed by atoms with Gasteiger partial charge in [0.2, 0.25) is 0 Å². The van der Waals surface area contributed by atoms with E-state index in [0.717, 1.165) is 12.3 Å². The Kier molecular flexibility index (Phi) is 3.79. The highest BCUT2D eigenvalue weighted by atomic mass is 32.1. The molecule has 1 aliphatic heterocycles. The van der Waals surface area contributed by atoms with Gasteiger partial charge in [0.15, 0.2) is 5.11 Å². The van der Waals surface area contributed by atoms with E-state index in [2.05, 4.69) is 5.32 Å². The Balaban J connectivity index is 1.77. The minimum Gasteiger partial charge on any atom is -0.350 e. The highest BCUT2D eigenvalue weighted by Gasteiger charge is 2.32. The van der Waals surface area contributed by atoms with E-state index in [0.29, 0.717) is 5.11 Å². The molecule has 1 atom stereocenters. The molecule has 1 saturated carbocycles. The molecular formula is C12H20N2OS. The molecule has 16 heavy (non-hydrogen) atoms. The molecule has 1 saturated heterocycles. The average molecular weight is 240 g/mol. The van der Waals surface area contributed by atoms with Gasteiger partial charge in [0.05, 0.1) is 0 Å². The number of carbonyl (C=O) groups is 1. The number of thiocarbonyl (C=S) groups is 1. The number of hydrogen-bond donors (Lipinski definition) is 1. The van der Waals surface area contributed by atoms with E-state index in [9.17, 15) is 4.79 Å². The zero-order valence-corrected chi connectivity index (χ0v) is 10.7. The topological polar surface area (TPSA) is 32.3 Å². The predicted octanol–water partition coefficient (Wildman–Crippen LogP) is 2.06. The molecule has 3 nitrogen and oxygen atoms in total. The molecule has 0 bridgehead atoms. The summed E-state index contributed by atoms with van der Waals surface area (Å²) in [6.07, 6.45) is 8.93. The Morgan fingerprint density at radius 1 is 1.31 bits per heavy atom. The minimum absolute atomic E-state index is 0.0561. The molecule has 0 aromatic carbocycles. The SMILES string of the molecule is CN1C(=O)C(CCC2CCCCC2)NC1=S. The van der Waals surface area contributed by atoms with Crippen LogP contribution in [-0.4, -0.2) is 29.0 Å². The van der Waals surface area contributed by atoms with Gasteiger partial charge in [-0.3, -0.25) is 9.69 Å². The summed E-state index contributed by atoms with van der Waals surface area (Å²) < 4.78 is 0. The maximum Gasteiger partial charge on any atom is 0.251 e. The number of amides is 1. The van der Waals surface area contributed by atoms with Crippen molar-refractivity contribution in [2.45, 2.75) is 51.0 Å². The first-order chi connectivity index (χ1) is 7.68. The second-order valence-electron chi connectivity index (χ2n) is 4.98. The smallest absolute Gasteiger partial charge is 0.251 e. The van der Waals surface area contributed by atoms with Crippen molar-refractivity contribution in [3.63, 3.8) is 0 Å². The van der Waals surface area contributed by atoms with Crippen LogP contribution < -0.4 is 5.32 Å². The Hall–Kier alpha value is -0.640. The van der Waals surface area contributed by atoms with Gasteiger partial charge < -0.3 is 5.32 Å². The first-order valence-electron chi connectivity index (χ1n) is 6.26. The van der Waals surface area contributed by atoms with Crippen LogP contribution in [0.5, 0.6) is 0 Å². The molecule has 90 valence electrons. The summed E-state index contributed by atoms with van der Waals surface area (Å²) in [4.78, 5) is 13.3. The largest absolute Gasteiger partial charge is 0.350 e. The van der Waals surface area contributed by atoms with Gasteiger partial charge in [-0.1, -0.05) is 32.1 Å². The lowest BCUT2D eigenvalue weighted by atomic mass is 9.85. The Labute approximate surface area is 103 Å². The van der Waals surface area contributed by atoms with Crippen molar-refractivity contribution in [2.75, 3.05) is 7.05 Å². The van der Waals surface area contributed by atoms with Crippen molar-refractivity contribution in [2.24, 2.45) is 5.92 Å². The van der Waals surface area contributed by atoms with Crippen molar-refractivity contribution in [3.8, 4) is 0 Å². The molecule has 0 radical (unpaired) electrons. The molecule has 0 spiro atoms. The number of nitrogens with one attached hydrogen (secondary N) is 1. The van der Waals surface area contributed by atoms with E-state index in [1.165, 1.54) is 38.5 Å². The van der Waals surface area contributed by atoms with Gasteiger partial charge >= 0.3 is 0 Å². The number of rotatable bonds is 3. The fraction of sp³-hybridized carbons (Fsp3) is 0.833. The molecule has 1 N–H and O–H groups in total. The second-order valence-corrected chi connectivity index (χ2v) is 5.37. The minimum atomic E-state index is -0.0561. The summed E-state index contributed by atoms with van der Waals surface area (Å²) in [7, 11) is 1.75. The highest BCUT2D eigenvalue weighted by Crippen LogP contribution is 2.28. The fourth-order valence-electron chi connectivity index (χ4n) is 2.72. The number of hydrogen-bond acceptors (Lipinski definition) is 2. The summed E-state index contributed by atoms with van der Waals surface area (Å²) in [6, 6.07) is -0.0561. The van der Waals surface area contributed by atoms with E-state index in [1.54, 1.807) is 11.9 Å². The predicted molar refractivity (Wildman–Crippen MR) is 68.1 cm³/mol. The molecule has 0 aromatic rings. The number of nitrogens with zero attached hydrogens (tertiary/aromatic N) is 1. The van der Waals surface area contributed by atoms with Crippen LogP contribution in [0.25, 0.3) is 0 Å². The van der Waals surface area contributed by atoms with Crippen LogP contribution in [-0.2, 0) is 4.79 Å². The van der Waals surface area contributed by atoms with Crippen molar-refractivity contribution < 1.29 is 4.79 Å². The maximum atomic E-state index is 11.8. The number of carbonyl (C=O) groups excluding carboxylic acids is 1. The zero-order chi connectivity index (χ0) is 11.5. The zero-order valence-electron chi connectivity index (χ0n) is 9.87. The summed E-state index contributed by atoms with van der Waals surface area (Å²) >= 11 is 5.06. The van der Waals surface area contributed by atoms with E-state index < -0.39 is 0 Å². The van der Waals surface area contributed by atoms with Crippen LogP contribution in [0.15, 0.2) is 0 Å². The lowest BCUT2D eigenvalue weighted by Gasteiger charge is -2.22. The first-order valence-corrected chi connectivity index (χ1v) is 6.67. The van der Waals surface area contributed by atoms with E-state index in [1.807, 2.05) is 0 Å². The van der Waals surface area contributed by atoms with E-state index in [-0.39, 0.29) is 11.9 Å². The van der Waals surface area contributed by atoms with Gasteiger partial charge in [0.1, 0.15) is 6.04 Å². The fourth-order valence-corrected chi connectivity index (χ4v) is 2.95. The number of likely N-dealkylation sites (N-methyl/N-ethyl adjacent to an activating group) is 1. The summed E-state index contributed by atoms with van der Waals surface area (Å²) in [6.45, 7) is 0. The molecule has 2 aliphatic rings. The molecule has 1 aliphatic carbocycles. The van der Waals surface area contributed by atoms with Crippen molar-refractivity contribution in [1.29, 1.82) is 0 Å². The molecule has 4 heteroatoms. The molecule has 1 heterocycles. The van der Waals surface area contributed by atoms with Gasteiger partial charge in [0, 0.05) is 7.05 Å². The monoisotopic (exact) mass is 240 g/mol. The molecule has 0 aromatic heterocycles. The molecule has 1 unspecified atom stereocenters. The lowest BCUT2D eigenvalue weighted by molar-refractivity contribution is -0.126. The van der Waals surface area contributed by atoms with Gasteiger partial charge in [-0.05, 0) is 31.0 Å². The standard InChI is InChI=1S/C12H20N2OS/c1-14-11(15)10(13-12(14)16)8-7-9-5-3-2-4-6-9/h9-10H,2-8H2,1H3,(H,13,16). The van der Waals surface area contributed by atoms with E-state index in [4.69, 9.17) is 12.2 Å². The van der Waals surface area contributed by atoms with Crippen LogP contribution in [0.2, 0.25) is 0 Å². The van der Waals surface area contributed by atoms with Crippen LogP contribution in [0.4, 0.5) is 0 Å². The van der Waals surface area contributed by atoms with Gasteiger partial charge in [0.25, 0.3) is 5.91 Å². The summed E-state index contributed by atoms with van der Waals surface area (Å²) in [5.74, 6) is 0.976. The first kappa shape index (κ1) is 11.8. The van der Waals surface area contributed by atoms with Crippen molar-refractivity contribution in [1.82, 2.24) is 10.2 Å². The lowest BCUT2D eigenvalue weighted by Crippen LogP contribution is -2.29. The van der Waals surface area contributed by atoms with Crippen LogP contribution in [0.1, 0.15) is 44.9 Å². The maximum absolute atomic E-state index is 11.8. The van der Waals surface area contributed by atoms with E-state index >= 15 is 0 Å². The third-order valence-corrected chi connectivity index (χ3v) is 4.21. The summed E-state index contributed by atoms with van der Waals surface area (Å²) in [5.41, 5.74) is 0. The molecule has 2 rings (SSSR count). The van der Waals surface area contributed by atoms with Crippen molar-refractivity contribution in [3.05, 3.63) is 0 Å². The second kappa shape index (κ2) is 5.13. The quantitative estimate of drug-likeness (QED) is 0.766. The van der Waals surface area contributed by atoms with Crippen molar-refractivity contribution >= 4 is 23.2 Å². The third kappa shape index (κ3) is 2.54. The third-order valence-electron chi connectivity index (χ3n) is 3.82. The molecule has 2 fully saturated rings. The van der Waals surface area contributed by atoms with Crippen LogP contribution in [0, 0.1) is 5.92 Å². The van der Waals surface area contributed by atoms with Crippen LogP contribution >= 0.6 is 12.2 Å².